The molecule has 0 radical (unpaired) electrons. The molecule has 0 saturated heterocycles. The summed E-state index contributed by atoms with van der Waals surface area (Å²) in [6.45, 7) is 6.79. The first-order chi connectivity index (χ1) is 9.17. The first-order valence-electron chi connectivity index (χ1n) is 8.23. The molecule has 0 bridgehead atoms. The minimum atomic E-state index is -0.0491. The first-order valence-corrected chi connectivity index (χ1v) is 8.23. The van der Waals surface area contributed by atoms with Crippen LogP contribution in [0, 0.1) is 0 Å². The Morgan fingerprint density at radius 3 is 2.47 bits per heavy atom. The number of aliphatic hydroxyl groups excluding tert-OH is 1. The zero-order valence-electron chi connectivity index (χ0n) is 13.2. The summed E-state index contributed by atoms with van der Waals surface area (Å²) < 4.78 is 0. The number of nitrogens with one attached hydrogen (secondary N) is 1. The molecule has 1 atom stereocenters. The van der Waals surface area contributed by atoms with Crippen molar-refractivity contribution in [2.75, 3.05) is 26.7 Å². The Morgan fingerprint density at radius 1 is 1.26 bits per heavy atom. The highest BCUT2D eigenvalue weighted by Crippen LogP contribution is 2.23. The maximum Gasteiger partial charge on any atom is 0.0613 e. The van der Waals surface area contributed by atoms with Gasteiger partial charge in [-0.25, -0.2) is 0 Å². The van der Waals surface area contributed by atoms with E-state index < -0.39 is 0 Å². The Morgan fingerprint density at radius 2 is 1.95 bits per heavy atom. The summed E-state index contributed by atoms with van der Waals surface area (Å²) >= 11 is 0. The molecular formula is C16H34N2O. The average Bonchev–Trinajstić information content (AvgIpc) is 2.97. The summed E-state index contributed by atoms with van der Waals surface area (Å²) in [4.78, 5) is 2.53. The van der Waals surface area contributed by atoms with E-state index in [0.717, 1.165) is 31.8 Å². The van der Waals surface area contributed by atoms with Gasteiger partial charge in [0.15, 0.2) is 0 Å². The fourth-order valence-corrected chi connectivity index (χ4v) is 3.22. The van der Waals surface area contributed by atoms with Crippen LogP contribution in [-0.4, -0.2) is 48.3 Å². The third-order valence-electron chi connectivity index (χ3n) is 4.84. The van der Waals surface area contributed by atoms with Crippen molar-refractivity contribution >= 4 is 0 Å². The molecular weight excluding hydrogens is 236 g/mol. The topological polar surface area (TPSA) is 35.5 Å². The van der Waals surface area contributed by atoms with Gasteiger partial charge in [-0.2, -0.15) is 0 Å². The number of rotatable bonds is 10. The normalized spacial score (nSPS) is 20.1. The molecule has 3 heteroatoms. The third kappa shape index (κ3) is 5.41. The molecule has 0 heterocycles. The number of hydrogen-bond acceptors (Lipinski definition) is 3. The Bertz CT molecular complexity index is 223. The fraction of sp³-hybridized carbons (Fsp3) is 1.00. The second-order valence-electron chi connectivity index (χ2n) is 6.24. The fourth-order valence-electron chi connectivity index (χ4n) is 3.22. The van der Waals surface area contributed by atoms with Crippen LogP contribution in [0.25, 0.3) is 0 Å². The Labute approximate surface area is 119 Å². The highest BCUT2D eigenvalue weighted by molar-refractivity contribution is 4.86. The van der Waals surface area contributed by atoms with Crippen LogP contribution in [0.4, 0.5) is 0 Å². The van der Waals surface area contributed by atoms with Gasteiger partial charge >= 0.3 is 0 Å². The van der Waals surface area contributed by atoms with Crippen molar-refractivity contribution < 1.29 is 5.11 Å². The van der Waals surface area contributed by atoms with Gasteiger partial charge in [-0.3, -0.25) is 0 Å². The highest BCUT2D eigenvalue weighted by atomic mass is 16.3. The predicted octanol–water partition coefficient (Wildman–Crippen LogP) is 2.78. The molecule has 1 fully saturated rings. The van der Waals surface area contributed by atoms with Crippen molar-refractivity contribution in [2.24, 2.45) is 0 Å². The second-order valence-corrected chi connectivity index (χ2v) is 6.24. The van der Waals surface area contributed by atoms with Crippen LogP contribution in [-0.2, 0) is 0 Å². The standard InChI is InChI=1S/C16H34N2O/c1-4-12-17-16(5-2,14-19)11-8-13-18(3)15-9-6-7-10-15/h15,17,19H,4-14H2,1-3H3. The van der Waals surface area contributed by atoms with Crippen LogP contribution in [0.15, 0.2) is 0 Å². The van der Waals surface area contributed by atoms with Gasteiger partial charge in [0.2, 0.25) is 0 Å². The van der Waals surface area contributed by atoms with Gasteiger partial charge in [-0.05, 0) is 58.7 Å². The van der Waals surface area contributed by atoms with Gasteiger partial charge in [0.25, 0.3) is 0 Å². The molecule has 2 N–H and O–H groups in total. The van der Waals surface area contributed by atoms with E-state index in [2.05, 4.69) is 31.1 Å². The number of hydrogen-bond donors (Lipinski definition) is 2. The second kappa shape index (κ2) is 8.93. The zero-order chi connectivity index (χ0) is 14.1. The van der Waals surface area contributed by atoms with Crippen LogP contribution >= 0.6 is 0 Å². The van der Waals surface area contributed by atoms with Crippen LogP contribution in [0.3, 0.4) is 0 Å². The first kappa shape index (κ1) is 16.9. The summed E-state index contributed by atoms with van der Waals surface area (Å²) in [5, 5.41) is 13.3. The van der Waals surface area contributed by atoms with Crippen molar-refractivity contribution in [1.82, 2.24) is 10.2 Å². The molecule has 0 aromatic heterocycles. The lowest BCUT2D eigenvalue weighted by Gasteiger charge is -2.33. The van der Waals surface area contributed by atoms with Crippen LogP contribution in [0.1, 0.15) is 65.2 Å². The SMILES string of the molecule is CCCNC(CC)(CO)CCCN(C)C1CCCC1. The van der Waals surface area contributed by atoms with Crippen molar-refractivity contribution in [3.05, 3.63) is 0 Å². The Hall–Kier alpha value is -0.120. The van der Waals surface area contributed by atoms with Gasteiger partial charge < -0.3 is 15.3 Å². The van der Waals surface area contributed by atoms with E-state index in [-0.39, 0.29) is 12.1 Å². The lowest BCUT2D eigenvalue weighted by Crippen LogP contribution is -2.48. The summed E-state index contributed by atoms with van der Waals surface area (Å²) in [7, 11) is 2.27. The molecule has 0 aliphatic heterocycles. The van der Waals surface area contributed by atoms with E-state index in [0.29, 0.717) is 0 Å². The summed E-state index contributed by atoms with van der Waals surface area (Å²) in [6.07, 6.45) is 9.97. The summed E-state index contributed by atoms with van der Waals surface area (Å²) in [5.41, 5.74) is -0.0491. The molecule has 1 rings (SSSR count). The van der Waals surface area contributed by atoms with E-state index in [1.165, 1.54) is 38.6 Å². The molecule has 0 aromatic rings. The monoisotopic (exact) mass is 270 g/mol. The van der Waals surface area contributed by atoms with Gasteiger partial charge in [-0.15, -0.1) is 0 Å². The Kier molecular flexibility index (Phi) is 7.96. The van der Waals surface area contributed by atoms with E-state index in [1.807, 2.05) is 0 Å². The number of nitrogens with zero attached hydrogens (tertiary/aromatic N) is 1. The van der Waals surface area contributed by atoms with E-state index in [9.17, 15) is 5.11 Å². The molecule has 0 spiro atoms. The quantitative estimate of drug-likeness (QED) is 0.641. The van der Waals surface area contributed by atoms with E-state index in [4.69, 9.17) is 0 Å². The van der Waals surface area contributed by atoms with Crippen LogP contribution < -0.4 is 5.32 Å². The maximum atomic E-state index is 9.70. The van der Waals surface area contributed by atoms with Crippen molar-refractivity contribution in [1.29, 1.82) is 0 Å². The molecule has 1 unspecified atom stereocenters. The molecule has 3 nitrogen and oxygen atoms in total. The molecule has 0 amide bonds. The third-order valence-corrected chi connectivity index (χ3v) is 4.84. The lowest BCUT2D eigenvalue weighted by molar-refractivity contribution is 0.136. The van der Waals surface area contributed by atoms with Gasteiger partial charge in [0, 0.05) is 11.6 Å². The van der Waals surface area contributed by atoms with Crippen molar-refractivity contribution in [3.63, 3.8) is 0 Å². The zero-order valence-corrected chi connectivity index (χ0v) is 13.2. The maximum absolute atomic E-state index is 9.70. The molecule has 1 aliphatic carbocycles. The molecule has 114 valence electrons. The van der Waals surface area contributed by atoms with E-state index >= 15 is 0 Å². The summed E-state index contributed by atoms with van der Waals surface area (Å²) in [6, 6.07) is 0.814. The van der Waals surface area contributed by atoms with Crippen molar-refractivity contribution in [2.45, 2.75) is 76.8 Å². The largest absolute Gasteiger partial charge is 0.394 e. The van der Waals surface area contributed by atoms with Crippen molar-refractivity contribution in [3.8, 4) is 0 Å². The molecule has 1 aliphatic rings. The Balaban J connectivity index is 2.30. The van der Waals surface area contributed by atoms with Gasteiger partial charge in [0.1, 0.15) is 0 Å². The van der Waals surface area contributed by atoms with Crippen LogP contribution in [0.5, 0.6) is 0 Å². The van der Waals surface area contributed by atoms with Gasteiger partial charge in [-0.1, -0.05) is 26.7 Å². The summed E-state index contributed by atoms with van der Waals surface area (Å²) in [5.74, 6) is 0. The van der Waals surface area contributed by atoms with Crippen LogP contribution in [0.2, 0.25) is 0 Å². The van der Waals surface area contributed by atoms with E-state index in [1.54, 1.807) is 0 Å². The highest BCUT2D eigenvalue weighted by Gasteiger charge is 2.26. The minimum Gasteiger partial charge on any atom is -0.394 e. The smallest absolute Gasteiger partial charge is 0.0613 e. The lowest BCUT2D eigenvalue weighted by atomic mass is 9.91. The predicted molar refractivity (Wildman–Crippen MR) is 82.5 cm³/mol. The molecule has 19 heavy (non-hydrogen) atoms. The molecule has 0 aromatic carbocycles. The number of aliphatic hydroxyl groups is 1. The minimum absolute atomic E-state index is 0.0491. The van der Waals surface area contributed by atoms with Gasteiger partial charge in [0.05, 0.1) is 6.61 Å². The average molecular weight is 270 g/mol. The molecule has 1 saturated carbocycles.